The van der Waals surface area contributed by atoms with Crippen LogP contribution in [0.15, 0.2) is 18.2 Å². The minimum absolute atomic E-state index is 0.201. The maximum Gasteiger partial charge on any atom is 0.307 e. The maximum atomic E-state index is 12.2. The summed E-state index contributed by atoms with van der Waals surface area (Å²) in [5.41, 5.74) is 0.834. The normalized spacial score (nSPS) is 21.8. The first-order valence-corrected chi connectivity index (χ1v) is 7.69. The molecular formula is C15H17Cl2NO3. The number of halogens is 2. The molecule has 0 radical (unpaired) electrons. The van der Waals surface area contributed by atoms with Crippen LogP contribution in [0.4, 0.5) is 0 Å². The zero-order valence-corrected chi connectivity index (χ0v) is 13.0. The van der Waals surface area contributed by atoms with E-state index in [0.717, 1.165) is 18.4 Å². The lowest BCUT2D eigenvalue weighted by Crippen LogP contribution is -2.39. The number of carbonyl (C=O) groups is 2. The van der Waals surface area contributed by atoms with E-state index in [2.05, 4.69) is 5.32 Å². The van der Waals surface area contributed by atoms with Gasteiger partial charge in [-0.25, -0.2) is 0 Å². The molecule has 1 fully saturated rings. The molecule has 1 aromatic carbocycles. The van der Waals surface area contributed by atoms with Crippen LogP contribution in [0.2, 0.25) is 10.0 Å². The molecular weight excluding hydrogens is 313 g/mol. The highest BCUT2D eigenvalue weighted by Crippen LogP contribution is 2.30. The molecule has 2 atom stereocenters. The lowest BCUT2D eigenvalue weighted by Gasteiger charge is -2.27. The number of carboxylic acids is 1. The van der Waals surface area contributed by atoms with Crippen molar-refractivity contribution in [2.45, 2.75) is 32.2 Å². The van der Waals surface area contributed by atoms with Crippen molar-refractivity contribution in [3.05, 3.63) is 33.8 Å². The Morgan fingerprint density at radius 1 is 1.14 bits per heavy atom. The van der Waals surface area contributed by atoms with Crippen molar-refractivity contribution in [1.29, 1.82) is 0 Å². The highest BCUT2D eigenvalue weighted by Gasteiger charge is 2.35. The predicted octanol–water partition coefficient (Wildman–Crippen LogP) is 3.50. The van der Waals surface area contributed by atoms with Gasteiger partial charge in [0.1, 0.15) is 0 Å². The van der Waals surface area contributed by atoms with Crippen LogP contribution < -0.4 is 5.32 Å². The standard InChI is InChI=1S/C15H17Cl2NO3/c16-12-6-5-9(7-13(12)17)8-18-14(19)10-3-1-2-4-11(10)15(20)21/h5-7,10-11H,1-4,8H2,(H,18,19)(H,20,21)/t10-,11-/m1/s1. The summed E-state index contributed by atoms with van der Waals surface area (Å²) < 4.78 is 0. The van der Waals surface area contributed by atoms with E-state index in [9.17, 15) is 14.7 Å². The van der Waals surface area contributed by atoms with E-state index >= 15 is 0 Å². The largest absolute Gasteiger partial charge is 0.481 e. The number of hydrogen-bond acceptors (Lipinski definition) is 2. The van der Waals surface area contributed by atoms with Crippen molar-refractivity contribution in [3.8, 4) is 0 Å². The number of nitrogens with one attached hydrogen (secondary N) is 1. The molecule has 0 heterocycles. The number of amides is 1. The summed E-state index contributed by atoms with van der Waals surface area (Å²) in [6.07, 6.45) is 2.96. The van der Waals surface area contributed by atoms with Crippen LogP contribution in [-0.2, 0) is 16.1 Å². The Morgan fingerprint density at radius 3 is 2.43 bits per heavy atom. The van der Waals surface area contributed by atoms with Gasteiger partial charge in [0.25, 0.3) is 0 Å². The molecule has 0 spiro atoms. The quantitative estimate of drug-likeness (QED) is 0.888. The van der Waals surface area contributed by atoms with Gasteiger partial charge in [-0.3, -0.25) is 9.59 Å². The second kappa shape index (κ2) is 7.14. The van der Waals surface area contributed by atoms with Crippen LogP contribution in [0.3, 0.4) is 0 Å². The van der Waals surface area contributed by atoms with Crippen molar-refractivity contribution >= 4 is 35.1 Å². The van der Waals surface area contributed by atoms with Crippen LogP contribution in [0.1, 0.15) is 31.2 Å². The zero-order chi connectivity index (χ0) is 15.4. The van der Waals surface area contributed by atoms with E-state index in [-0.39, 0.29) is 5.91 Å². The van der Waals surface area contributed by atoms with Gasteiger partial charge in [-0.05, 0) is 30.5 Å². The molecule has 2 N–H and O–H groups in total. The van der Waals surface area contributed by atoms with Crippen molar-refractivity contribution in [2.75, 3.05) is 0 Å². The second-order valence-corrected chi connectivity index (χ2v) is 6.12. The number of hydrogen-bond donors (Lipinski definition) is 2. The predicted molar refractivity (Wildman–Crippen MR) is 81.4 cm³/mol. The van der Waals surface area contributed by atoms with Gasteiger partial charge in [0.15, 0.2) is 0 Å². The van der Waals surface area contributed by atoms with E-state index in [4.69, 9.17) is 23.2 Å². The summed E-state index contributed by atoms with van der Waals surface area (Å²) in [7, 11) is 0. The fourth-order valence-electron chi connectivity index (χ4n) is 2.71. The van der Waals surface area contributed by atoms with Gasteiger partial charge in [-0.15, -0.1) is 0 Å². The molecule has 0 bridgehead atoms. The molecule has 114 valence electrons. The van der Waals surface area contributed by atoms with E-state index < -0.39 is 17.8 Å². The molecule has 21 heavy (non-hydrogen) atoms. The van der Waals surface area contributed by atoms with Gasteiger partial charge in [0.05, 0.1) is 21.9 Å². The van der Waals surface area contributed by atoms with Crippen LogP contribution in [-0.4, -0.2) is 17.0 Å². The molecule has 0 aliphatic heterocycles. The van der Waals surface area contributed by atoms with Crippen LogP contribution >= 0.6 is 23.2 Å². The first-order valence-electron chi connectivity index (χ1n) is 6.93. The molecule has 0 aromatic heterocycles. The van der Waals surface area contributed by atoms with Gasteiger partial charge in [-0.2, -0.15) is 0 Å². The van der Waals surface area contributed by atoms with Crippen LogP contribution in [0.5, 0.6) is 0 Å². The fourth-order valence-corrected chi connectivity index (χ4v) is 3.03. The average molecular weight is 330 g/mol. The Balaban J connectivity index is 1.96. The summed E-state index contributed by atoms with van der Waals surface area (Å²) >= 11 is 11.8. The van der Waals surface area contributed by atoms with Crippen molar-refractivity contribution < 1.29 is 14.7 Å². The van der Waals surface area contributed by atoms with Crippen molar-refractivity contribution in [2.24, 2.45) is 11.8 Å². The van der Waals surface area contributed by atoms with Gasteiger partial charge in [0, 0.05) is 6.54 Å². The Bertz CT molecular complexity index is 548. The van der Waals surface area contributed by atoms with Gasteiger partial charge >= 0.3 is 5.97 Å². The summed E-state index contributed by atoms with van der Waals surface area (Å²) in [5, 5.41) is 12.9. The van der Waals surface area contributed by atoms with Crippen molar-refractivity contribution in [1.82, 2.24) is 5.32 Å². The third-order valence-corrected chi connectivity index (χ3v) is 4.61. The minimum Gasteiger partial charge on any atom is -0.481 e. The Morgan fingerprint density at radius 2 is 1.81 bits per heavy atom. The Kier molecular flexibility index (Phi) is 5.48. The minimum atomic E-state index is -0.885. The van der Waals surface area contributed by atoms with Gasteiger partial charge in [-0.1, -0.05) is 42.1 Å². The SMILES string of the molecule is O=C(O)[C@@H]1CCCC[C@H]1C(=O)NCc1ccc(Cl)c(Cl)c1. The third kappa shape index (κ3) is 4.11. The lowest BCUT2D eigenvalue weighted by molar-refractivity contribution is -0.148. The van der Waals surface area contributed by atoms with E-state index in [1.807, 2.05) is 0 Å². The number of rotatable bonds is 4. The molecule has 1 saturated carbocycles. The van der Waals surface area contributed by atoms with Crippen molar-refractivity contribution in [3.63, 3.8) is 0 Å². The summed E-state index contributed by atoms with van der Waals surface area (Å²) in [6.45, 7) is 0.318. The summed E-state index contributed by atoms with van der Waals surface area (Å²) in [4.78, 5) is 23.4. The highest BCUT2D eigenvalue weighted by atomic mass is 35.5. The fraction of sp³-hybridized carbons (Fsp3) is 0.467. The summed E-state index contributed by atoms with van der Waals surface area (Å²) in [5.74, 6) is -2.11. The van der Waals surface area contributed by atoms with E-state index in [1.54, 1.807) is 18.2 Å². The number of aliphatic carboxylic acids is 1. The molecule has 1 aliphatic carbocycles. The monoisotopic (exact) mass is 329 g/mol. The maximum absolute atomic E-state index is 12.2. The molecule has 4 nitrogen and oxygen atoms in total. The molecule has 2 rings (SSSR count). The average Bonchev–Trinajstić information content (AvgIpc) is 2.48. The summed E-state index contributed by atoms with van der Waals surface area (Å²) in [6, 6.07) is 5.15. The Hall–Kier alpha value is -1.26. The van der Waals surface area contributed by atoms with Crippen LogP contribution in [0.25, 0.3) is 0 Å². The Labute approximate surface area is 133 Å². The van der Waals surface area contributed by atoms with Gasteiger partial charge in [0.2, 0.25) is 5.91 Å². The molecule has 1 aliphatic rings. The molecule has 1 amide bonds. The molecule has 1 aromatic rings. The topological polar surface area (TPSA) is 66.4 Å². The van der Waals surface area contributed by atoms with Crippen LogP contribution in [0, 0.1) is 11.8 Å². The number of benzene rings is 1. The zero-order valence-electron chi connectivity index (χ0n) is 11.4. The smallest absolute Gasteiger partial charge is 0.307 e. The first kappa shape index (κ1) is 16.1. The van der Waals surface area contributed by atoms with Gasteiger partial charge < -0.3 is 10.4 Å². The molecule has 0 unspecified atom stereocenters. The number of carbonyl (C=O) groups excluding carboxylic acids is 1. The molecule has 0 saturated heterocycles. The van der Waals surface area contributed by atoms with E-state index in [0.29, 0.717) is 29.4 Å². The number of carboxylic acid groups (broad SMARTS) is 1. The third-order valence-electron chi connectivity index (χ3n) is 3.87. The first-order chi connectivity index (χ1) is 9.99. The molecule has 6 heteroatoms. The lowest BCUT2D eigenvalue weighted by atomic mass is 9.78. The van der Waals surface area contributed by atoms with E-state index in [1.165, 1.54) is 0 Å². The highest BCUT2D eigenvalue weighted by molar-refractivity contribution is 6.42. The second-order valence-electron chi connectivity index (χ2n) is 5.30.